The fraction of sp³-hybridized carbons (Fsp3) is 0.227. The summed E-state index contributed by atoms with van der Waals surface area (Å²) in [4.78, 5) is 15.3. The number of aromatic nitrogens is 4. The van der Waals surface area contributed by atoms with Gasteiger partial charge < -0.3 is 20.6 Å². The van der Waals surface area contributed by atoms with Crippen LogP contribution in [0.1, 0.15) is 11.1 Å². The lowest BCUT2D eigenvalue weighted by Gasteiger charge is -2.37. The Kier molecular flexibility index (Phi) is 3.93. The van der Waals surface area contributed by atoms with E-state index in [4.69, 9.17) is 0 Å². The highest BCUT2D eigenvalue weighted by molar-refractivity contribution is 5.75. The molecule has 1 fully saturated rings. The third-order valence-electron chi connectivity index (χ3n) is 5.87. The van der Waals surface area contributed by atoms with Gasteiger partial charge in [0.1, 0.15) is 5.82 Å². The predicted octanol–water partition coefficient (Wildman–Crippen LogP) is 2.32. The van der Waals surface area contributed by atoms with Crippen molar-refractivity contribution in [3.63, 3.8) is 0 Å². The third-order valence-corrected chi connectivity index (χ3v) is 5.87. The van der Waals surface area contributed by atoms with Crippen LogP contribution in [0.3, 0.4) is 0 Å². The summed E-state index contributed by atoms with van der Waals surface area (Å²) < 4.78 is 2.07. The highest BCUT2D eigenvalue weighted by atomic mass is 16.3. The van der Waals surface area contributed by atoms with Gasteiger partial charge in [0.2, 0.25) is 0 Å². The summed E-state index contributed by atoms with van der Waals surface area (Å²) in [6, 6.07) is 8.29. The SMILES string of the molecule is OC1CN(c2ccc(Nc3ccc(-c4cnc5cnccn45)c4c3CNC4)nc2)C1. The second-order valence-electron chi connectivity index (χ2n) is 7.75. The number of fused-ring (bicyclic) bond motifs is 2. The lowest BCUT2D eigenvalue weighted by molar-refractivity contribution is 0.142. The average Bonchev–Trinajstić information content (AvgIpc) is 3.40. The Balaban J connectivity index is 1.31. The van der Waals surface area contributed by atoms with E-state index in [-0.39, 0.29) is 6.10 Å². The van der Waals surface area contributed by atoms with Crippen molar-refractivity contribution in [1.29, 1.82) is 0 Å². The molecule has 0 saturated carbocycles. The van der Waals surface area contributed by atoms with Crippen LogP contribution in [0.25, 0.3) is 16.9 Å². The van der Waals surface area contributed by atoms with E-state index in [1.807, 2.05) is 30.7 Å². The van der Waals surface area contributed by atoms with E-state index in [0.717, 1.165) is 41.6 Å². The second-order valence-corrected chi connectivity index (χ2v) is 7.75. The minimum absolute atomic E-state index is 0.222. The molecule has 0 radical (unpaired) electrons. The topological polar surface area (TPSA) is 90.6 Å². The molecule has 6 rings (SSSR count). The summed E-state index contributed by atoms with van der Waals surface area (Å²) in [6.45, 7) is 2.98. The average molecular weight is 399 g/mol. The monoisotopic (exact) mass is 399 g/mol. The van der Waals surface area contributed by atoms with Crippen molar-refractivity contribution < 1.29 is 5.11 Å². The number of nitrogens with zero attached hydrogens (tertiary/aromatic N) is 5. The molecule has 4 aromatic rings. The van der Waals surface area contributed by atoms with Crippen LogP contribution in [-0.2, 0) is 13.1 Å². The molecule has 1 aromatic carbocycles. The van der Waals surface area contributed by atoms with Crippen LogP contribution in [0.5, 0.6) is 0 Å². The molecule has 2 aliphatic heterocycles. The maximum absolute atomic E-state index is 9.48. The predicted molar refractivity (Wildman–Crippen MR) is 115 cm³/mol. The smallest absolute Gasteiger partial charge is 0.155 e. The number of hydrogen-bond acceptors (Lipinski definition) is 7. The number of benzene rings is 1. The van der Waals surface area contributed by atoms with Gasteiger partial charge in [0, 0.05) is 49.8 Å². The number of rotatable bonds is 4. The molecular weight excluding hydrogens is 378 g/mol. The van der Waals surface area contributed by atoms with Gasteiger partial charge in [-0.3, -0.25) is 9.38 Å². The van der Waals surface area contributed by atoms with Crippen molar-refractivity contribution in [3.8, 4) is 11.3 Å². The second kappa shape index (κ2) is 6.79. The molecule has 150 valence electrons. The van der Waals surface area contributed by atoms with Crippen LogP contribution in [0, 0.1) is 0 Å². The van der Waals surface area contributed by atoms with E-state index in [0.29, 0.717) is 13.1 Å². The van der Waals surface area contributed by atoms with Crippen LogP contribution in [-0.4, -0.2) is 43.7 Å². The van der Waals surface area contributed by atoms with Crippen LogP contribution in [0.4, 0.5) is 17.2 Å². The molecule has 0 unspecified atom stereocenters. The summed E-state index contributed by atoms with van der Waals surface area (Å²) in [6.07, 6.45) is 9.04. The summed E-state index contributed by atoms with van der Waals surface area (Å²) in [5.41, 5.74) is 7.73. The first-order valence-corrected chi connectivity index (χ1v) is 10.1. The number of anilines is 3. The number of imidazole rings is 1. The van der Waals surface area contributed by atoms with Gasteiger partial charge in [-0.2, -0.15) is 0 Å². The summed E-state index contributed by atoms with van der Waals surface area (Å²) in [5.74, 6) is 0.808. The summed E-state index contributed by atoms with van der Waals surface area (Å²) in [5, 5.41) is 16.4. The Bertz CT molecular complexity index is 1230. The van der Waals surface area contributed by atoms with E-state index in [1.54, 1.807) is 12.4 Å². The Morgan fingerprint density at radius 3 is 2.73 bits per heavy atom. The number of nitrogens with one attached hydrogen (secondary N) is 2. The zero-order valence-corrected chi connectivity index (χ0v) is 16.3. The van der Waals surface area contributed by atoms with Gasteiger partial charge in [0.15, 0.2) is 5.65 Å². The highest BCUT2D eigenvalue weighted by Crippen LogP contribution is 2.35. The first-order chi connectivity index (χ1) is 14.8. The largest absolute Gasteiger partial charge is 0.389 e. The van der Waals surface area contributed by atoms with Crippen molar-refractivity contribution in [2.45, 2.75) is 19.2 Å². The van der Waals surface area contributed by atoms with E-state index >= 15 is 0 Å². The molecule has 0 aliphatic carbocycles. The minimum atomic E-state index is -0.222. The van der Waals surface area contributed by atoms with Gasteiger partial charge in [-0.05, 0) is 29.3 Å². The first kappa shape index (κ1) is 17.4. The van der Waals surface area contributed by atoms with Crippen molar-refractivity contribution in [3.05, 3.63) is 66.4 Å². The van der Waals surface area contributed by atoms with Gasteiger partial charge >= 0.3 is 0 Å². The normalized spacial score (nSPS) is 16.0. The van der Waals surface area contributed by atoms with E-state index in [1.165, 1.54) is 16.7 Å². The van der Waals surface area contributed by atoms with Crippen molar-refractivity contribution in [1.82, 2.24) is 24.7 Å². The van der Waals surface area contributed by atoms with Gasteiger partial charge in [0.05, 0.1) is 36.1 Å². The molecular formula is C22H21N7O. The maximum Gasteiger partial charge on any atom is 0.155 e. The number of β-amino-alcohol motifs (C(OH)–C–C–N with tert-alkyl or cyclic N) is 1. The van der Waals surface area contributed by atoms with E-state index in [9.17, 15) is 5.11 Å². The zero-order valence-electron chi connectivity index (χ0n) is 16.3. The van der Waals surface area contributed by atoms with Gasteiger partial charge in [-0.25, -0.2) is 9.97 Å². The molecule has 8 nitrogen and oxygen atoms in total. The molecule has 5 heterocycles. The van der Waals surface area contributed by atoms with Crippen LogP contribution < -0.4 is 15.5 Å². The number of pyridine rings is 1. The molecule has 1 saturated heterocycles. The number of aliphatic hydroxyl groups is 1. The van der Waals surface area contributed by atoms with Crippen LogP contribution in [0.15, 0.2) is 55.2 Å². The molecule has 0 bridgehead atoms. The minimum Gasteiger partial charge on any atom is -0.389 e. The molecule has 2 aliphatic rings. The summed E-state index contributed by atoms with van der Waals surface area (Å²) >= 11 is 0. The quantitative estimate of drug-likeness (QED) is 0.485. The third kappa shape index (κ3) is 2.80. The highest BCUT2D eigenvalue weighted by Gasteiger charge is 2.25. The van der Waals surface area contributed by atoms with E-state index < -0.39 is 0 Å². The Morgan fingerprint density at radius 2 is 1.90 bits per heavy atom. The maximum atomic E-state index is 9.48. The van der Waals surface area contributed by atoms with E-state index in [2.05, 4.69) is 47.0 Å². The Hall–Kier alpha value is -3.49. The number of aliphatic hydroxyl groups excluding tert-OH is 1. The van der Waals surface area contributed by atoms with Gasteiger partial charge in [-0.1, -0.05) is 6.07 Å². The molecule has 0 atom stereocenters. The zero-order chi connectivity index (χ0) is 20.1. The van der Waals surface area contributed by atoms with Crippen molar-refractivity contribution in [2.24, 2.45) is 0 Å². The number of hydrogen-bond donors (Lipinski definition) is 3. The Labute approximate surface area is 173 Å². The molecule has 8 heteroatoms. The lowest BCUT2D eigenvalue weighted by atomic mass is 9.99. The fourth-order valence-corrected chi connectivity index (χ4v) is 4.26. The van der Waals surface area contributed by atoms with Crippen molar-refractivity contribution >= 4 is 22.8 Å². The van der Waals surface area contributed by atoms with Gasteiger partial charge in [-0.15, -0.1) is 0 Å². The molecule has 3 aromatic heterocycles. The molecule has 0 spiro atoms. The van der Waals surface area contributed by atoms with Gasteiger partial charge in [0.25, 0.3) is 0 Å². The van der Waals surface area contributed by atoms with Crippen molar-refractivity contribution in [2.75, 3.05) is 23.3 Å². The fourth-order valence-electron chi connectivity index (χ4n) is 4.26. The Morgan fingerprint density at radius 1 is 1.00 bits per heavy atom. The van der Waals surface area contributed by atoms with Crippen LogP contribution in [0.2, 0.25) is 0 Å². The van der Waals surface area contributed by atoms with Crippen LogP contribution >= 0.6 is 0 Å². The summed E-state index contributed by atoms with van der Waals surface area (Å²) in [7, 11) is 0. The first-order valence-electron chi connectivity index (χ1n) is 10.1. The molecule has 3 N–H and O–H groups in total. The standard InChI is InChI=1S/C22H21N7O/c30-15-12-28(13-15)14-1-4-21(25-7-14)27-19-3-2-16(17-8-24-9-18(17)19)20-10-26-22-11-23-5-6-29(20)22/h1-7,10-11,15,24,30H,8-9,12-13H2,(H,25,27). The molecule has 30 heavy (non-hydrogen) atoms. The molecule has 0 amide bonds. The lowest BCUT2D eigenvalue weighted by Crippen LogP contribution is -2.50.